The van der Waals surface area contributed by atoms with Gasteiger partial charge in [0.1, 0.15) is 23.1 Å². The number of hydrogen-bond acceptors (Lipinski definition) is 2. The lowest BCUT2D eigenvalue weighted by molar-refractivity contribution is 0.317. The highest BCUT2D eigenvalue weighted by Gasteiger charge is 2.07. The Hall–Kier alpha value is -2.10. The molecular formula is C16H17F2NO. The fourth-order valence-corrected chi connectivity index (χ4v) is 1.78. The SMILES string of the molecule is CCCOc1ccc(CNc2c(F)cccc2F)cc1. The summed E-state index contributed by atoms with van der Waals surface area (Å²) in [5.41, 5.74) is 0.829. The van der Waals surface area contributed by atoms with Crippen molar-refractivity contribution in [3.8, 4) is 5.75 Å². The van der Waals surface area contributed by atoms with E-state index in [1.165, 1.54) is 18.2 Å². The Bertz CT molecular complexity index is 535. The highest BCUT2D eigenvalue weighted by molar-refractivity contribution is 5.46. The molecule has 20 heavy (non-hydrogen) atoms. The van der Waals surface area contributed by atoms with Crippen LogP contribution in [0.2, 0.25) is 0 Å². The van der Waals surface area contributed by atoms with Crippen LogP contribution < -0.4 is 10.1 Å². The van der Waals surface area contributed by atoms with E-state index < -0.39 is 11.6 Å². The fourth-order valence-electron chi connectivity index (χ4n) is 1.78. The first-order chi connectivity index (χ1) is 9.70. The molecule has 106 valence electrons. The summed E-state index contributed by atoms with van der Waals surface area (Å²) in [6.07, 6.45) is 0.954. The zero-order chi connectivity index (χ0) is 14.4. The zero-order valence-corrected chi connectivity index (χ0v) is 11.3. The van der Waals surface area contributed by atoms with Crippen LogP contribution in [0.5, 0.6) is 5.75 Å². The first kappa shape index (κ1) is 14.3. The number of nitrogens with one attached hydrogen (secondary N) is 1. The molecule has 0 fully saturated rings. The maximum Gasteiger partial charge on any atom is 0.149 e. The van der Waals surface area contributed by atoms with Crippen molar-refractivity contribution in [2.45, 2.75) is 19.9 Å². The molecule has 1 N–H and O–H groups in total. The van der Waals surface area contributed by atoms with Gasteiger partial charge < -0.3 is 10.1 Å². The summed E-state index contributed by atoms with van der Waals surface area (Å²) in [7, 11) is 0. The summed E-state index contributed by atoms with van der Waals surface area (Å²) in [5, 5.41) is 2.77. The van der Waals surface area contributed by atoms with Gasteiger partial charge in [-0.2, -0.15) is 0 Å². The predicted molar refractivity (Wildman–Crippen MR) is 75.9 cm³/mol. The van der Waals surface area contributed by atoms with Crippen LogP contribution in [0.3, 0.4) is 0 Å². The molecule has 0 saturated heterocycles. The van der Waals surface area contributed by atoms with E-state index in [9.17, 15) is 8.78 Å². The zero-order valence-electron chi connectivity index (χ0n) is 11.3. The van der Waals surface area contributed by atoms with Gasteiger partial charge in [0.05, 0.1) is 6.61 Å². The fraction of sp³-hybridized carbons (Fsp3) is 0.250. The average Bonchev–Trinajstić information content (AvgIpc) is 2.46. The number of para-hydroxylation sites is 1. The summed E-state index contributed by atoms with van der Waals surface area (Å²) in [5.74, 6) is -0.381. The van der Waals surface area contributed by atoms with Crippen LogP contribution in [0, 0.1) is 11.6 Å². The third kappa shape index (κ3) is 3.70. The maximum atomic E-state index is 13.4. The van der Waals surface area contributed by atoms with Crippen molar-refractivity contribution < 1.29 is 13.5 Å². The standard InChI is InChI=1S/C16H17F2NO/c1-2-10-20-13-8-6-12(7-9-13)11-19-16-14(17)4-3-5-15(16)18/h3-9,19H,2,10-11H2,1H3. The largest absolute Gasteiger partial charge is 0.494 e. The molecule has 0 unspecified atom stereocenters. The smallest absolute Gasteiger partial charge is 0.149 e. The lowest BCUT2D eigenvalue weighted by atomic mass is 10.2. The van der Waals surface area contributed by atoms with Crippen LogP contribution in [-0.4, -0.2) is 6.61 Å². The Labute approximate surface area is 117 Å². The van der Waals surface area contributed by atoms with Crippen molar-refractivity contribution in [2.75, 3.05) is 11.9 Å². The lowest BCUT2D eigenvalue weighted by Crippen LogP contribution is -2.03. The molecule has 0 aliphatic heterocycles. The molecule has 2 aromatic rings. The number of anilines is 1. The normalized spacial score (nSPS) is 10.3. The Kier molecular flexibility index (Phi) is 4.93. The number of hydrogen-bond donors (Lipinski definition) is 1. The highest BCUT2D eigenvalue weighted by Crippen LogP contribution is 2.19. The second-order valence-electron chi connectivity index (χ2n) is 4.44. The molecule has 0 aliphatic carbocycles. The van der Waals surface area contributed by atoms with Gasteiger partial charge in [-0.1, -0.05) is 25.1 Å². The second-order valence-corrected chi connectivity index (χ2v) is 4.44. The third-order valence-corrected chi connectivity index (χ3v) is 2.83. The summed E-state index contributed by atoms with van der Waals surface area (Å²) < 4.78 is 32.3. The van der Waals surface area contributed by atoms with Gasteiger partial charge in [0, 0.05) is 6.54 Å². The van der Waals surface area contributed by atoms with Gasteiger partial charge in [0.2, 0.25) is 0 Å². The van der Waals surface area contributed by atoms with Crippen molar-refractivity contribution in [3.05, 3.63) is 59.7 Å². The molecule has 4 heteroatoms. The van der Waals surface area contributed by atoms with Crippen molar-refractivity contribution >= 4 is 5.69 Å². The number of rotatable bonds is 6. The van der Waals surface area contributed by atoms with Gasteiger partial charge >= 0.3 is 0 Å². The van der Waals surface area contributed by atoms with Gasteiger partial charge in [-0.05, 0) is 36.2 Å². The van der Waals surface area contributed by atoms with Crippen molar-refractivity contribution in [3.63, 3.8) is 0 Å². The summed E-state index contributed by atoms with van der Waals surface area (Å²) in [6, 6.07) is 11.2. The van der Waals surface area contributed by atoms with Crippen LogP contribution in [0.15, 0.2) is 42.5 Å². The second kappa shape index (κ2) is 6.89. The quantitative estimate of drug-likeness (QED) is 0.846. The molecule has 0 bridgehead atoms. The summed E-state index contributed by atoms with van der Waals surface area (Å²) in [4.78, 5) is 0. The molecule has 0 aromatic heterocycles. The molecule has 0 aliphatic rings. The Morgan fingerprint density at radius 2 is 1.65 bits per heavy atom. The first-order valence-corrected chi connectivity index (χ1v) is 6.60. The molecular weight excluding hydrogens is 260 g/mol. The molecule has 0 spiro atoms. The minimum atomic E-state index is -0.590. The van der Waals surface area contributed by atoms with E-state index in [4.69, 9.17) is 4.74 Å². The van der Waals surface area contributed by atoms with Crippen molar-refractivity contribution in [2.24, 2.45) is 0 Å². The van der Waals surface area contributed by atoms with Crippen molar-refractivity contribution in [1.82, 2.24) is 0 Å². The van der Waals surface area contributed by atoms with E-state index in [1.54, 1.807) is 0 Å². The molecule has 0 amide bonds. The Morgan fingerprint density at radius 3 is 2.25 bits per heavy atom. The van der Waals surface area contributed by atoms with Gasteiger partial charge in [-0.25, -0.2) is 8.78 Å². The predicted octanol–water partition coefficient (Wildman–Crippen LogP) is 4.37. The van der Waals surface area contributed by atoms with E-state index in [2.05, 4.69) is 5.32 Å². The molecule has 2 aromatic carbocycles. The van der Waals surface area contributed by atoms with Crippen LogP contribution in [-0.2, 0) is 6.54 Å². The number of benzene rings is 2. The highest BCUT2D eigenvalue weighted by atomic mass is 19.1. The summed E-state index contributed by atoms with van der Waals surface area (Å²) >= 11 is 0. The van der Waals surface area contributed by atoms with Crippen LogP contribution in [0.4, 0.5) is 14.5 Å². The van der Waals surface area contributed by atoms with Crippen LogP contribution >= 0.6 is 0 Å². The minimum Gasteiger partial charge on any atom is -0.494 e. The van der Waals surface area contributed by atoms with Gasteiger partial charge in [-0.3, -0.25) is 0 Å². The first-order valence-electron chi connectivity index (χ1n) is 6.60. The average molecular weight is 277 g/mol. The molecule has 0 heterocycles. The molecule has 0 radical (unpaired) electrons. The van der Waals surface area contributed by atoms with E-state index in [0.717, 1.165) is 17.7 Å². The lowest BCUT2D eigenvalue weighted by Gasteiger charge is -2.09. The number of halogens is 2. The van der Waals surface area contributed by atoms with Gasteiger partial charge in [0.15, 0.2) is 0 Å². The van der Waals surface area contributed by atoms with E-state index in [0.29, 0.717) is 13.2 Å². The molecule has 2 rings (SSSR count). The monoisotopic (exact) mass is 277 g/mol. The Morgan fingerprint density at radius 1 is 1.00 bits per heavy atom. The van der Waals surface area contributed by atoms with Crippen molar-refractivity contribution in [1.29, 1.82) is 0 Å². The van der Waals surface area contributed by atoms with E-state index in [1.807, 2.05) is 31.2 Å². The molecule has 0 atom stereocenters. The Balaban J connectivity index is 1.97. The topological polar surface area (TPSA) is 21.3 Å². The van der Waals surface area contributed by atoms with Gasteiger partial charge in [-0.15, -0.1) is 0 Å². The van der Waals surface area contributed by atoms with Crippen LogP contribution in [0.1, 0.15) is 18.9 Å². The van der Waals surface area contributed by atoms with E-state index >= 15 is 0 Å². The summed E-state index contributed by atoms with van der Waals surface area (Å²) in [6.45, 7) is 3.07. The van der Waals surface area contributed by atoms with Crippen LogP contribution in [0.25, 0.3) is 0 Å². The van der Waals surface area contributed by atoms with Gasteiger partial charge in [0.25, 0.3) is 0 Å². The maximum absolute atomic E-state index is 13.4. The van der Waals surface area contributed by atoms with E-state index in [-0.39, 0.29) is 5.69 Å². The molecule has 2 nitrogen and oxygen atoms in total. The third-order valence-electron chi connectivity index (χ3n) is 2.83. The molecule has 0 saturated carbocycles. The minimum absolute atomic E-state index is 0.0983. The number of ether oxygens (including phenoxy) is 1.